The first-order chi connectivity index (χ1) is 3.77. The van der Waals surface area contributed by atoms with Gasteiger partial charge in [0.15, 0.2) is 0 Å². The second-order valence-corrected chi connectivity index (χ2v) is 4.44. The first kappa shape index (κ1) is 6.88. The summed E-state index contributed by atoms with van der Waals surface area (Å²) in [5, 5.41) is 0. The van der Waals surface area contributed by atoms with Crippen molar-refractivity contribution in [2.75, 3.05) is 5.88 Å². The van der Waals surface area contributed by atoms with Crippen molar-refractivity contribution in [3.63, 3.8) is 0 Å². The average Bonchev–Trinajstić information content (AvgIpc) is 2.17. The molecule has 8 heavy (non-hydrogen) atoms. The minimum atomic E-state index is 0.314. The molecule has 0 spiro atoms. The van der Waals surface area contributed by atoms with Crippen LogP contribution in [-0.4, -0.2) is 10.2 Å². The third-order valence-electron chi connectivity index (χ3n) is 1.74. The first-order valence-electron chi connectivity index (χ1n) is 3.02. The Labute approximate surface area is 63.7 Å². The molecule has 48 valence electrons. The van der Waals surface area contributed by atoms with Gasteiger partial charge in [-0.05, 0) is 12.8 Å². The Morgan fingerprint density at radius 3 is 2.12 bits per heavy atom. The zero-order chi connectivity index (χ0) is 6.04. The Morgan fingerprint density at radius 2 is 1.88 bits per heavy atom. The summed E-state index contributed by atoms with van der Waals surface area (Å²) in [7, 11) is 0. The Morgan fingerprint density at radius 1 is 1.38 bits per heavy atom. The van der Waals surface area contributed by atoms with Gasteiger partial charge in [-0.15, -0.1) is 11.6 Å². The topological polar surface area (TPSA) is 0 Å². The van der Waals surface area contributed by atoms with Crippen LogP contribution < -0.4 is 0 Å². The van der Waals surface area contributed by atoms with Crippen molar-refractivity contribution in [2.45, 2.75) is 30.0 Å². The predicted molar refractivity (Wildman–Crippen MR) is 40.8 cm³/mol. The zero-order valence-electron chi connectivity index (χ0n) is 4.79. The van der Waals surface area contributed by atoms with Gasteiger partial charge in [0.05, 0.1) is 0 Å². The van der Waals surface area contributed by atoms with Crippen LogP contribution in [0.15, 0.2) is 0 Å². The molecule has 1 rings (SSSR count). The van der Waals surface area contributed by atoms with Crippen LogP contribution in [-0.2, 0) is 0 Å². The van der Waals surface area contributed by atoms with E-state index in [9.17, 15) is 0 Å². The molecule has 0 radical (unpaired) electrons. The van der Waals surface area contributed by atoms with Gasteiger partial charge in [0.2, 0.25) is 0 Å². The predicted octanol–water partition coefficient (Wildman–Crippen LogP) is 2.93. The lowest BCUT2D eigenvalue weighted by atomic mass is 10.1. The number of alkyl halides is 2. The van der Waals surface area contributed by atoms with Crippen molar-refractivity contribution in [1.82, 2.24) is 0 Å². The van der Waals surface area contributed by atoms with Crippen LogP contribution in [0.25, 0.3) is 0 Å². The fraction of sp³-hybridized carbons (Fsp3) is 1.00. The Bertz CT molecular complexity index is 76.6. The van der Waals surface area contributed by atoms with Gasteiger partial charge >= 0.3 is 0 Å². The molecule has 0 N–H and O–H groups in total. The van der Waals surface area contributed by atoms with Gasteiger partial charge in [-0.1, -0.05) is 28.8 Å². The van der Waals surface area contributed by atoms with Crippen molar-refractivity contribution in [3.8, 4) is 0 Å². The monoisotopic (exact) mass is 196 g/mol. The van der Waals surface area contributed by atoms with E-state index in [1.807, 2.05) is 0 Å². The van der Waals surface area contributed by atoms with E-state index in [1.165, 1.54) is 25.7 Å². The van der Waals surface area contributed by atoms with Crippen LogP contribution in [0.1, 0.15) is 25.7 Å². The highest BCUT2D eigenvalue weighted by molar-refractivity contribution is 9.10. The molecule has 0 amide bonds. The molecule has 2 heteroatoms. The highest BCUT2D eigenvalue weighted by Crippen LogP contribution is 2.38. The molecule has 0 heterocycles. The summed E-state index contributed by atoms with van der Waals surface area (Å²) in [5.74, 6) is 0.771. The van der Waals surface area contributed by atoms with Gasteiger partial charge in [-0.3, -0.25) is 0 Å². The minimum Gasteiger partial charge on any atom is -0.125 e. The standard InChI is InChI=1S/C6H10BrCl/c7-6(5-8)3-1-2-4-6/h1-5H2. The lowest BCUT2D eigenvalue weighted by Crippen LogP contribution is -2.16. The van der Waals surface area contributed by atoms with E-state index in [2.05, 4.69) is 15.9 Å². The molecule has 1 aliphatic carbocycles. The van der Waals surface area contributed by atoms with E-state index in [1.54, 1.807) is 0 Å². The summed E-state index contributed by atoms with van der Waals surface area (Å²) >= 11 is 9.31. The summed E-state index contributed by atoms with van der Waals surface area (Å²) in [6, 6.07) is 0. The Kier molecular flexibility index (Phi) is 2.21. The Hall–Kier alpha value is 0.770. The summed E-state index contributed by atoms with van der Waals surface area (Å²) in [6.45, 7) is 0. The molecule has 0 bridgehead atoms. The quantitative estimate of drug-likeness (QED) is 0.567. The van der Waals surface area contributed by atoms with Gasteiger partial charge in [0, 0.05) is 10.2 Å². The summed E-state index contributed by atoms with van der Waals surface area (Å²) < 4.78 is 0.314. The largest absolute Gasteiger partial charge is 0.125 e. The molecule has 1 aliphatic rings. The van der Waals surface area contributed by atoms with E-state index >= 15 is 0 Å². The van der Waals surface area contributed by atoms with Crippen LogP contribution in [0.4, 0.5) is 0 Å². The highest BCUT2D eigenvalue weighted by atomic mass is 79.9. The Balaban J connectivity index is 2.40. The van der Waals surface area contributed by atoms with Crippen LogP contribution in [0.3, 0.4) is 0 Å². The van der Waals surface area contributed by atoms with Gasteiger partial charge in [-0.2, -0.15) is 0 Å². The van der Waals surface area contributed by atoms with Crippen LogP contribution >= 0.6 is 27.5 Å². The maximum absolute atomic E-state index is 5.70. The molecule has 0 unspecified atom stereocenters. The number of halogens is 2. The van der Waals surface area contributed by atoms with Crippen molar-refractivity contribution >= 4 is 27.5 Å². The second-order valence-electron chi connectivity index (χ2n) is 2.49. The first-order valence-corrected chi connectivity index (χ1v) is 4.34. The van der Waals surface area contributed by atoms with Gasteiger partial charge < -0.3 is 0 Å². The fourth-order valence-electron chi connectivity index (χ4n) is 1.14. The highest BCUT2D eigenvalue weighted by Gasteiger charge is 2.29. The summed E-state index contributed by atoms with van der Waals surface area (Å²) in [4.78, 5) is 0. The molecule has 1 saturated carbocycles. The van der Waals surface area contributed by atoms with Crippen molar-refractivity contribution in [3.05, 3.63) is 0 Å². The molecule has 0 nitrogen and oxygen atoms in total. The number of hydrogen-bond donors (Lipinski definition) is 0. The van der Waals surface area contributed by atoms with Crippen molar-refractivity contribution < 1.29 is 0 Å². The summed E-state index contributed by atoms with van der Waals surface area (Å²) in [5.41, 5.74) is 0. The molecule has 0 atom stereocenters. The second kappa shape index (κ2) is 2.57. The molecule has 1 fully saturated rings. The maximum atomic E-state index is 5.70. The van der Waals surface area contributed by atoms with Crippen LogP contribution in [0.2, 0.25) is 0 Å². The molecule has 0 aromatic carbocycles. The van der Waals surface area contributed by atoms with E-state index in [0.29, 0.717) is 4.32 Å². The average molecular weight is 198 g/mol. The smallest absolute Gasteiger partial charge is 0.0393 e. The molecular weight excluding hydrogens is 187 g/mol. The van der Waals surface area contributed by atoms with Gasteiger partial charge in [0.1, 0.15) is 0 Å². The lowest BCUT2D eigenvalue weighted by molar-refractivity contribution is 0.696. The molecule has 0 aromatic rings. The van der Waals surface area contributed by atoms with Crippen LogP contribution in [0.5, 0.6) is 0 Å². The molecule has 0 saturated heterocycles. The number of rotatable bonds is 1. The zero-order valence-corrected chi connectivity index (χ0v) is 7.13. The van der Waals surface area contributed by atoms with E-state index in [-0.39, 0.29) is 0 Å². The fourth-order valence-corrected chi connectivity index (χ4v) is 1.97. The van der Waals surface area contributed by atoms with E-state index in [4.69, 9.17) is 11.6 Å². The molecule has 0 aromatic heterocycles. The lowest BCUT2D eigenvalue weighted by Gasteiger charge is -2.15. The molecule has 0 aliphatic heterocycles. The number of hydrogen-bond acceptors (Lipinski definition) is 0. The minimum absolute atomic E-state index is 0.314. The third kappa shape index (κ3) is 1.38. The third-order valence-corrected chi connectivity index (χ3v) is 3.65. The van der Waals surface area contributed by atoms with Crippen molar-refractivity contribution in [2.24, 2.45) is 0 Å². The maximum Gasteiger partial charge on any atom is 0.0393 e. The van der Waals surface area contributed by atoms with Gasteiger partial charge in [-0.25, -0.2) is 0 Å². The van der Waals surface area contributed by atoms with E-state index < -0.39 is 0 Å². The normalized spacial score (nSPS) is 26.2. The van der Waals surface area contributed by atoms with Crippen molar-refractivity contribution in [1.29, 1.82) is 0 Å². The molecular formula is C6H10BrCl. The van der Waals surface area contributed by atoms with Crippen LogP contribution in [0, 0.1) is 0 Å². The van der Waals surface area contributed by atoms with Gasteiger partial charge in [0.25, 0.3) is 0 Å². The SMILES string of the molecule is ClCC1(Br)CCCC1. The van der Waals surface area contributed by atoms with E-state index in [0.717, 1.165) is 5.88 Å². The summed E-state index contributed by atoms with van der Waals surface area (Å²) in [6.07, 6.45) is 5.21.